The van der Waals surface area contributed by atoms with Crippen LogP contribution >= 0.6 is 0 Å². The highest BCUT2D eigenvalue weighted by Gasteiger charge is 2.19. The van der Waals surface area contributed by atoms with Gasteiger partial charge in [-0.1, -0.05) is 27.7 Å². The first-order valence-electron chi connectivity index (χ1n) is 5.38. The molecule has 0 heterocycles. The second-order valence-electron chi connectivity index (χ2n) is 4.14. The lowest BCUT2D eigenvalue weighted by molar-refractivity contribution is 0.0603. The van der Waals surface area contributed by atoms with Crippen molar-refractivity contribution in [1.29, 1.82) is 0 Å². The Morgan fingerprint density at radius 1 is 0.846 bits per heavy atom. The van der Waals surface area contributed by atoms with E-state index in [0.717, 1.165) is 19.3 Å². The summed E-state index contributed by atoms with van der Waals surface area (Å²) < 4.78 is 0. The summed E-state index contributed by atoms with van der Waals surface area (Å²) in [6.07, 6.45) is 2.08. The Morgan fingerprint density at radius 2 is 1.15 bits per heavy atom. The highest BCUT2D eigenvalue weighted by Crippen LogP contribution is 2.20. The van der Waals surface area contributed by atoms with Crippen LogP contribution in [0.3, 0.4) is 0 Å². The molecule has 0 saturated carbocycles. The zero-order chi connectivity index (χ0) is 10.4. The van der Waals surface area contributed by atoms with E-state index >= 15 is 0 Å². The average Bonchev–Trinajstić information content (AvgIpc) is 2.14. The predicted octanol–water partition coefficient (Wildman–Crippen LogP) is 2.19. The van der Waals surface area contributed by atoms with Crippen molar-refractivity contribution in [3.05, 3.63) is 0 Å². The van der Waals surface area contributed by atoms with Gasteiger partial charge in [0.05, 0.1) is 12.2 Å². The van der Waals surface area contributed by atoms with Crippen LogP contribution in [0.4, 0.5) is 0 Å². The quantitative estimate of drug-likeness (QED) is 0.671. The van der Waals surface area contributed by atoms with Gasteiger partial charge in [0.2, 0.25) is 0 Å². The number of hydrogen-bond donors (Lipinski definition) is 2. The van der Waals surface area contributed by atoms with Crippen LogP contribution in [0.5, 0.6) is 0 Å². The third kappa shape index (κ3) is 4.63. The molecule has 4 unspecified atom stereocenters. The van der Waals surface area contributed by atoms with Crippen LogP contribution < -0.4 is 0 Å². The van der Waals surface area contributed by atoms with Crippen LogP contribution in [0, 0.1) is 11.8 Å². The average molecular weight is 188 g/mol. The largest absolute Gasteiger partial charge is 0.393 e. The summed E-state index contributed by atoms with van der Waals surface area (Å²) in [6, 6.07) is 0. The first-order chi connectivity index (χ1) is 6.02. The van der Waals surface area contributed by atoms with E-state index in [1.807, 2.05) is 27.7 Å². The maximum absolute atomic E-state index is 9.55. The van der Waals surface area contributed by atoms with Crippen LogP contribution in [0.25, 0.3) is 0 Å². The molecule has 0 amide bonds. The molecule has 2 nitrogen and oxygen atoms in total. The number of aliphatic hydroxyl groups excluding tert-OH is 2. The molecule has 4 atom stereocenters. The number of aliphatic hydroxyl groups is 2. The first-order valence-corrected chi connectivity index (χ1v) is 5.38. The standard InChI is InChI=1S/C11H24O2/c1-5-10(12)8(3)7-9(4)11(13)6-2/h8-13H,5-7H2,1-4H3. The molecular weight excluding hydrogens is 164 g/mol. The second-order valence-corrected chi connectivity index (χ2v) is 4.14. The molecule has 0 rings (SSSR count). The number of hydrogen-bond acceptors (Lipinski definition) is 2. The molecule has 0 aromatic heterocycles. The van der Waals surface area contributed by atoms with Crippen molar-refractivity contribution in [3.8, 4) is 0 Å². The third-order valence-electron chi connectivity index (χ3n) is 2.89. The Balaban J connectivity index is 3.83. The molecule has 0 bridgehead atoms. The fraction of sp³-hybridized carbons (Fsp3) is 1.00. The molecular formula is C11H24O2. The highest BCUT2D eigenvalue weighted by atomic mass is 16.3. The topological polar surface area (TPSA) is 40.5 Å². The normalized spacial score (nSPS) is 20.8. The molecule has 0 aliphatic heterocycles. The van der Waals surface area contributed by atoms with Gasteiger partial charge in [-0.05, 0) is 31.1 Å². The SMILES string of the molecule is CCC(O)C(C)CC(C)C(O)CC. The van der Waals surface area contributed by atoms with Crippen LogP contribution in [0.2, 0.25) is 0 Å². The van der Waals surface area contributed by atoms with Gasteiger partial charge in [0.1, 0.15) is 0 Å². The smallest absolute Gasteiger partial charge is 0.0563 e. The second kappa shape index (κ2) is 6.39. The Hall–Kier alpha value is -0.0800. The lowest BCUT2D eigenvalue weighted by Crippen LogP contribution is -2.24. The Morgan fingerprint density at radius 3 is 1.38 bits per heavy atom. The van der Waals surface area contributed by atoms with Gasteiger partial charge in [0, 0.05) is 0 Å². The summed E-state index contributed by atoms with van der Waals surface area (Å²) in [6.45, 7) is 8.07. The summed E-state index contributed by atoms with van der Waals surface area (Å²) in [4.78, 5) is 0. The van der Waals surface area contributed by atoms with E-state index in [4.69, 9.17) is 0 Å². The Kier molecular flexibility index (Phi) is 6.35. The fourth-order valence-corrected chi connectivity index (χ4v) is 1.71. The molecule has 0 aliphatic carbocycles. The maximum atomic E-state index is 9.55. The molecule has 80 valence electrons. The van der Waals surface area contributed by atoms with Gasteiger partial charge in [0.25, 0.3) is 0 Å². The van der Waals surface area contributed by atoms with E-state index in [-0.39, 0.29) is 12.2 Å². The fourth-order valence-electron chi connectivity index (χ4n) is 1.71. The lowest BCUT2D eigenvalue weighted by atomic mass is 9.88. The van der Waals surface area contributed by atoms with Gasteiger partial charge >= 0.3 is 0 Å². The van der Waals surface area contributed by atoms with E-state index in [1.165, 1.54) is 0 Å². The summed E-state index contributed by atoms with van der Waals surface area (Å²) in [5.74, 6) is 0.586. The molecule has 0 spiro atoms. The third-order valence-corrected chi connectivity index (χ3v) is 2.89. The van der Waals surface area contributed by atoms with E-state index < -0.39 is 0 Å². The van der Waals surface area contributed by atoms with Crippen molar-refractivity contribution in [2.45, 2.75) is 59.2 Å². The van der Waals surface area contributed by atoms with Gasteiger partial charge < -0.3 is 10.2 Å². The minimum atomic E-state index is -0.216. The molecule has 2 N–H and O–H groups in total. The van der Waals surface area contributed by atoms with Crippen molar-refractivity contribution < 1.29 is 10.2 Å². The van der Waals surface area contributed by atoms with Crippen molar-refractivity contribution in [2.24, 2.45) is 11.8 Å². The van der Waals surface area contributed by atoms with Crippen molar-refractivity contribution in [1.82, 2.24) is 0 Å². The minimum absolute atomic E-state index is 0.216. The van der Waals surface area contributed by atoms with Crippen LogP contribution in [0.15, 0.2) is 0 Å². The van der Waals surface area contributed by atoms with E-state index in [9.17, 15) is 10.2 Å². The van der Waals surface area contributed by atoms with Gasteiger partial charge in [-0.15, -0.1) is 0 Å². The van der Waals surface area contributed by atoms with Crippen molar-refractivity contribution in [3.63, 3.8) is 0 Å². The highest BCUT2D eigenvalue weighted by molar-refractivity contribution is 4.70. The molecule has 13 heavy (non-hydrogen) atoms. The molecule has 0 aliphatic rings. The van der Waals surface area contributed by atoms with Gasteiger partial charge in [-0.25, -0.2) is 0 Å². The zero-order valence-corrected chi connectivity index (χ0v) is 9.33. The van der Waals surface area contributed by atoms with Gasteiger partial charge in [-0.3, -0.25) is 0 Å². The Bertz CT molecular complexity index is 111. The maximum Gasteiger partial charge on any atom is 0.0563 e. The Labute approximate surface area is 82.0 Å². The molecule has 0 aromatic carbocycles. The first kappa shape index (κ1) is 12.9. The van der Waals surface area contributed by atoms with Crippen molar-refractivity contribution in [2.75, 3.05) is 0 Å². The van der Waals surface area contributed by atoms with Crippen LogP contribution in [-0.4, -0.2) is 22.4 Å². The molecule has 2 heteroatoms. The van der Waals surface area contributed by atoms with Gasteiger partial charge in [-0.2, -0.15) is 0 Å². The monoisotopic (exact) mass is 188 g/mol. The van der Waals surface area contributed by atoms with Crippen LogP contribution in [-0.2, 0) is 0 Å². The molecule has 0 fully saturated rings. The molecule has 0 radical (unpaired) electrons. The van der Waals surface area contributed by atoms with E-state index in [0.29, 0.717) is 11.8 Å². The van der Waals surface area contributed by atoms with Crippen molar-refractivity contribution >= 4 is 0 Å². The summed E-state index contributed by atoms with van der Waals surface area (Å²) in [7, 11) is 0. The molecule has 0 saturated heterocycles. The zero-order valence-electron chi connectivity index (χ0n) is 9.33. The van der Waals surface area contributed by atoms with E-state index in [1.54, 1.807) is 0 Å². The summed E-state index contributed by atoms with van der Waals surface area (Å²) >= 11 is 0. The number of rotatable bonds is 6. The predicted molar refractivity (Wildman–Crippen MR) is 55.5 cm³/mol. The summed E-state index contributed by atoms with van der Waals surface area (Å²) in [5.41, 5.74) is 0. The van der Waals surface area contributed by atoms with E-state index in [2.05, 4.69) is 0 Å². The lowest BCUT2D eigenvalue weighted by Gasteiger charge is -2.24. The van der Waals surface area contributed by atoms with Gasteiger partial charge in [0.15, 0.2) is 0 Å². The molecule has 0 aromatic rings. The minimum Gasteiger partial charge on any atom is -0.393 e. The summed E-state index contributed by atoms with van der Waals surface area (Å²) in [5, 5.41) is 19.1. The van der Waals surface area contributed by atoms with Crippen LogP contribution in [0.1, 0.15) is 47.0 Å².